The molecule has 0 aromatic rings. The Morgan fingerprint density at radius 3 is 2.50 bits per heavy atom. The minimum Gasteiger partial charge on any atom is -0.368 e. The fraction of sp³-hybridized carbons (Fsp3) is 0.923. The Morgan fingerprint density at radius 2 is 1.89 bits per heavy atom. The zero-order valence-electron chi connectivity index (χ0n) is 11.4. The third-order valence-corrected chi connectivity index (χ3v) is 3.89. The Labute approximate surface area is 109 Å². The highest BCUT2D eigenvalue weighted by atomic mass is 16.7. The van der Waals surface area contributed by atoms with E-state index in [1.165, 1.54) is 33.0 Å². The van der Waals surface area contributed by atoms with Crippen LogP contribution in [-0.2, 0) is 9.63 Å². The van der Waals surface area contributed by atoms with Crippen LogP contribution in [0.2, 0.25) is 0 Å². The second-order valence-corrected chi connectivity index (χ2v) is 5.34. The van der Waals surface area contributed by atoms with E-state index in [1.54, 1.807) is 0 Å². The highest BCUT2D eigenvalue weighted by Crippen LogP contribution is 2.21. The van der Waals surface area contributed by atoms with Gasteiger partial charge in [0.25, 0.3) is 0 Å². The highest BCUT2D eigenvalue weighted by molar-refractivity contribution is 5.65. The van der Waals surface area contributed by atoms with Crippen molar-refractivity contribution in [2.75, 3.05) is 45.8 Å². The first-order valence-corrected chi connectivity index (χ1v) is 7.10. The Bertz CT molecular complexity index is 259. The maximum atomic E-state index is 10.8. The fourth-order valence-corrected chi connectivity index (χ4v) is 2.77. The molecule has 2 rings (SSSR count). The average Bonchev–Trinajstić information content (AvgIpc) is 2.38. The quantitative estimate of drug-likeness (QED) is 0.791. The standard InChI is InChI=1S/C13H25N3O2/c1-12(17)18-16-8-3-13(4-9-16)2-7-15-10-5-14-6-11-15/h13-14H,2-11H2,1H3. The van der Waals surface area contributed by atoms with Crippen LogP contribution >= 0.6 is 0 Å². The Balaban J connectivity index is 1.59. The van der Waals surface area contributed by atoms with Gasteiger partial charge in [0.15, 0.2) is 0 Å². The molecule has 2 heterocycles. The minimum absolute atomic E-state index is 0.200. The van der Waals surface area contributed by atoms with Crippen molar-refractivity contribution in [3.8, 4) is 0 Å². The molecule has 0 spiro atoms. The van der Waals surface area contributed by atoms with Gasteiger partial charge in [0, 0.05) is 46.2 Å². The van der Waals surface area contributed by atoms with Gasteiger partial charge in [-0.05, 0) is 31.7 Å². The molecule has 0 amide bonds. The molecule has 5 heteroatoms. The Morgan fingerprint density at radius 1 is 1.22 bits per heavy atom. The molecular weight excluding hydrogens is 230 g/mol. The summed E-state index contributed by atoms with van der Waals surface area (Å²) >= 11 is 0. The van der Waals surface area contributed by atoms with Crippen LogP contribution in [-0.4, -0.2) is 61.7 Å². The fourth-order valence-electron chi connectivity index (χ4n) is 2.77. The van der Waals surface area contributed by atoms with Crippen molar-refractivity contribution in [2.45, 2.75) is 26.2 Å². The van der Waals surface area contributed by atoms with Crippen molar-refractivity contribution < 1.29 is 9.63 Å². The van der Waals surface area contributed by atoms with Gasteiger partial charge < -0.3 is 15.1 Å². The molecule has 1 N–H and O–H groups in total. The van der Waals surface area contributed by atoms with Gasteiger partial charge >= 0.3 is 5.97 Å². The van der Waals surface area contributed by atoms with Crippen molar-refractivity contribution in [1.29, 1.82) is 0 Å². The monoisotopic (exact) mass is 255 g/mol. The van der Waals surface area contributed by atoms with Gasteiger partial charge in [0.1, 0.15) is 0 Å². The normalized spacial score (nSPS) is 24.1. The number of carbonyl (C=O) groups is 1. The highest BCUT2D eigenvalue weighted by Gasteiger charge is 2.21. The Kier molecular flexibility index (Phi) is 5.41. The van der Waals surface area contributed by atoms with Crippen molar-refractivity contribution in [3.63, 3.8) is 0 Å². The van der Waals surface area contributed by atoms with Crippen molar-refractivity contribution in [1.82, 2.24) is 15.3 Å². The van der Waals surface area contributed by atoms with Gasteiger partial charge in [0.2, 0.25) is 0 Å². The molecule has 5 nitrogen and oxygen atoms in total. The molecule has 0 atom stereocenters. The molecule has 2 aliphatic heterocycles. The molecular formula is C13H25N3O2. The number of piperidine rings is 1. The van der Waals surface area contributed by atoms with Crippen LogP contribution in [0.15, 0.2) is 0 Å². The zero-order valence-corrected chi connectivity index (χ0v) is 11.4. The van der Waals surface area contributed by atoms with Gasteiger partial charge in [-0.1, -0.05) is 0 Å². The lowest BCUT2D eigenvalue weighted by Gasteiger charge is -2.32. The molecule has 0 aromatic heterocycles. The smallest absolute Gasteiger partial charge is 0.322 e. The summed E-state index contributed by atoms with van der Waals surface area (Å²) in [4.78, 5) is 18.5. The topological polar surface area (TPSA) is 44.8 Å². The largest absolute Gasteiger partial charge is 0.368 e. The van der Waals surface area contributed by atoms with Crippen LogP contribution in [0.1, 0.15) is 26.2 Å². The number of hydrogen-bond donors (Lipinski definition) is 1. The SMILES string of the molecule is CC(=O)ON1CCC(CCN2CCNCC2)CC1. The molecule has 0 aliphatic carbocycles. The van der Waals surface area contributed by atoms with Gasteiger partial charge in [-0.15, -0.1) is 5.06 Å². The number of hydrogen-bond acceptors (Lipinski definition) is 5. The van der Waals surface area contributed by atoms with Crippen LogP contribution < -0.4 is 5.32 Å². The summed E-state index contributed by atoms with van der Waals surface area (Å²) in [6.07, 6.45) is 3.59. The first-order valence-electron chi connectivity index (χ1n) is 7.10. The summed E-state index contributed by atoms with van der Waals surface area (Å²) in [7, 11) is 0. The summed E-state index contributed by atoms with van der Waals surface area (Å²) in [6.45, 7) is 9.11. The molecule has 104 valence electrons. The molecule has 18 heavy (non-hydrogen) atoms. The summed E-state index contributed by atoms with van der Waals surface area (Å²) in [5, 5.41) is 5.19. The molecule has 2 saturated heterocycles. The summed E-state index contributed by atoms with van der Waals surface area (Å²) in [6, 6.07) is 0. The third-order valence-electron chi connectivity index (χ3n) is 3.89. The Hall–Kier alpha value is -0.650. The number of piperazine rings is 1. The zero-order chi connectivity index (χ0) is 12.8. The number of nitrogens with one attached hydrogen (secondary N) is 1. The number of nitrogens with zero attached hydrogens (tertiary/aromatic N) is 2. The van der Waals surface area contributed by atoms with E-state index in [4.69, 9.17) is 4.84 Å². The summed E-state index contributed by atoms with van der Waals surface area (Å²) in [5.41, 5.74) is 0. The van der Waals surface area contributed by atoms with Gasteiger partial charge in [-0.2, -0.15) is 0 Å². The average molecular weight is 255 g/mol. The van der Waals surface area contributed by atoms with Crippen LogP contribution in [0.4, 0.5) is 0 Å². The van der Waals surface area contributed by atoms with Crippen molar-refractivity contribution in [2.24, 2.45) is 5.92 Å². The number of rotatable bonds is 4. The van der Waals surface area contributed by atoms with Crippen LogP contribution in [0, 0.1) is 5.92 Å². The molecule has 2 aliphatic rings. The molecule has 2 fully saturated rings. The molecule has 0 aromatic carbocycles. The first kappa shape index (κ1) is 13.8. The van der Waals surface area contributed by atoms with Crippen molar-refractivity contribution in [3.05, 3.63) is 0 Å². The van der Waals surface area contributed by atoms with E-state index in [9.17, 15) is 4.79 Å². The lowest BCUT2D eigenvalue weighted by atomic mass is 9.94. The second-order valence-electron chi connectivity index (χ2n) is 5.34. The summed E-state index contributed by atoms with van der Waals surface area (Å²) in [5.74, 6) is 0.598. The van der Waals surface area contributed by atoms with E-state index >= 15 is 0 Å². The van der Waals surface area contributed by atoms with Crippen LogP contribution in [0.25, 0.3) is 0 Å². The second kappa shape index (κ2) is 7.07. The van der Waals surface area contributed by atoms with Crippen LogP contribution in [0.3, 0.4) is 0 Å². The first-order chi connectivity index (χ1) is 8.74. The van der Waals surface area contributed by atoms with Gasteiger partial charge in [-0.25, -0.2) is 0 Å². The van der Waals surface area contributed by atoms with Gasteiger partial charge in [0.05, 0.1) is 0 Å². The molecule has 0 saturated carbocycles. The minimum atomic E-state index is -0.200. The lowest BCUT2D eigenvalue weighted by Crippen LogP contribution is -2.44. The number of carbonyl (C=O) groups excluding carboxylic acids is 1. The molecule has 0 bridgehead atoms. The van der Waals surface area contributed by atoms with E-state index in [0.29, 0.717) is 0 Å². The van der Waals surface area contributed by atoms with E-state index in [-0.39, 0.29) is 5.97 Å². The van der Waals surface area contributed by atoms with E-state index in [2.05, 4.69) is 10.2 Å². The predicted molar refractivity (Wildman–Crippen MR) is 70.0 cm³/mol. The molecule has 0 unspecified atom stereocenters. The molecule has 0 radical (unpaired) electrons. The maximum absolute atomic E-state index is 10.8. The summed E-state index contributed by atoms with van der Waals surface area (Å²) < 4.78 is 0. The van der Waals surface area contributed by atoms with Gasteiger partial charge in [-0.3, -0.25) is 4.79 Å². The van der Waals surface area contributed by atoms with Crippen molar-refractivity contribution >= 4 is 5.97 Å². The van der Waals surface area contributed by atoms with E-state index in [1.807, 2.05) is 5.06 Å². The lowest BCUT2D eigenvalue weighted by molar-refractivity contribution is -0.193. The van der Waals surface area contributed by atoms with E-state index < -0.39 is 0 Å². The number of hydroxylamine groups is 2. The van der Waals surface area contributed by atoms with Crippen LogP contribution in [0.5, 0.6) is 0 Å². The van der Waals surface area contributed by atoms with E-state index in [0.717, 1.165) is 44.9 Å². The maximum Gasteiger partial charge on any atom is 0.322 e. The predicted octanol–water partition coefficient (Wildman–Crippen LogP) is 0.472. The third kappa shape index (κ3) is 4.55.